The summed E-state index contributed by atoms with van der Waals surface area (Å²) in [5, 5.41) is 0. The summed E-state index contributed by atoms with van der Waals surface area (Å²) >= 11 is 0. The van der Waals surface area contributed by atoms with E-state index in [-0.39, 0.29) is 12.2 Å². The lowest BCUT2D eigenvalue weighted by Gasteiger charge is -2.40. The molecule has 0 aromatic rings. The normalized spacial score (nSPS) is 19.2. The highest BCUT2D eigenvalue weighted by atomic mass is 16.6. The van der Waals surface area contributed by atoms with Gasteiger partial charge in [-0.15, -0.1) is 0 Å². The molecule has 0 aliphatic heterocycles. The molecule has 2 saturated carbocycles. The van der Waals surface area contributed by atoms with Gasteiger partial charge in [-0.3, -0.25) is 4.90 Å². The Hall–Kier alpha value is -1.10. The van der Waals surface area contributed by atoms with Crippen LogP contribution in [0.25, 0.3) is 0 Å². The molecule has 120 valence electrons. The van der Waals surface area contributed by atoms with E-state index in [4.69, 9.17) is 9.47 Å². The predicted molar refractivity (Wildman–Crippen MR) is 78.7 cm³/mol. The standard InChI is InChI=1S/C16H27NO4/c1-10(2)20-15(18)14(16(19)21-11(3)4)17(13-8-9-13)12-6-5-7-12/h10-14H,5-9H2,1-4H3. The van der Waals surface area contributed by atoms with Gasteiger partial charge in [0.15, 0.2) is 0 Å². The molecule has 0 aromatic carbocycles. The van der Waals surface area contributed by atoms with Crippen LogP contribution in [-0.2, 0) is 19.1 Å². The third-order valence-electron chi connectivity index (χ3n) is 3.91. The molecule has 0 bridgehead atoms. The second-order valence-corrected chi connectivity index (χ2v) is 6.64. The lowest BCUT2D eigenvalue weighted by Crippen LogP contribution is -2.56. The summed E-state index contributed by atoms with van der Waals surface area (Å²) in [6.45, 7) is 7.20. The molecule has 0 heterocycles. The zero-order valence-electron chi connectivity index (χ0n) is 13.5. The average molecular weight is 297 g/mol. The first kappa shape index (κ1) is 16.3. The molecule has 2 fully saturated rings. The molecule has 5 nitrogen and oxygen atoms in total. The fraction of sp³-hybridized carbons (Fsp3) is 0.875. The van der Waals surface area contributed by atoms with Crippen molar-refractivity contribution in [2.75, 3.05) is 0 Å². The van der Waals surface area contributed by atoms with Gasteiger partial charge in [0.05, 0.1) is 12.2 Å². The Morgan fingerprint density at radius 3 is 1.57 bits per heavy atom. The largest absolute Gasteiger partial charge is 0.461 e. The van der Waals surface area contributed by atoms with Crippen LogP contribution in [0.5, 0.6) is 0 Å². The zero-order valence-corrected chi connectivity index (χ0v) is 13.5. The number of hydrogen-bond donors (Lipinski definition) is 0. The molecular formula is C16H27NO4. The van der Waals surface area contributed by atoms with Gasteiger partial charge < -0.3 is 9.47 Å². The van der Waals surface area contributed by atoms with Gasteiger partial charge in [-0.05, 0) is 53.4 Å². The maximum atomic E-state index is 12.4. The summed E-state index contributed by atoms with van der Waals surface area (Å²) in [6.07, 6.45) is 4.92. The van der Waals surface area contributed by atoms with Crippen LogP contribution in [-0.4, -0.2) is 47.2 Å². The minimum atomic E-state index is -0.896. The van der Waals surface area contributed by atoms with Gasteiger partial charge in [-0.1, -0.05) is 6.42 Å². The van der Waals surface area contributed by atoms with Gasteiger partial charge in [0.25, 0.3) is 0 Å². The third-order valence-corrected chi connectivity index (χ3v) is 3.91. The van der Waals surface area contributed by atoms with Gasteiger partial charge in [0.2, 0.25) is 6.04 Å². The number of rotatable bonds is 7. The minimum Gasteiger partial charge on any atom is -0.461 e. The van der Waals surface area contributed by atoms with Gasteiger partial charge in [0, 0.05) is 12.1 Å². The van der Waals surface area contributed by atoms with Crippen molar-refractivity contribution in [3.63, 3.8) is 0 Å². The van der Waals surface area contributed by atoms with E-state index in [0.29, 0.717) is 12.1 Å². The van der Waals surface area contributed by atoms with E-state index >= 15 is 0 Å². The number of esters is 2. The summed E-state index contributed by atoms with van der Waals surface area (Å²) in [5.41, 5.74) is 0. The molecule has 0 spiro atoms. The highest BCUT2D eigenvalue weighted by Gasteiger charge is 2.48. The van der Waals surface area contributed by atoms with E-state index in [9.17, 15) is 9.59 Å². The molecule has 0 unspecified atom stereocenters. The number of nitrogens with zero attached hydrogens (tertiary/aromatic N) is 1. The van der Waals surface area contributed by atoms with Crippen molar-refractivity contribution in [2.45, 2.75) is 90.1 Å². The van der Waals surface area contributed by atoms with Gasteiger partial charge in [-0.2, -0.15) is 0 Å². The van der Waals surface area contributed by atoms with E-state index < -0.39 is 18.0 Å². The van der Waals surface area contributed by atoms with Crippen molar-refractivity contribution >= 4 is 11.9 Å². The highest BCUT2D eigenvalue weighted by Crippen LogP contribution is 2.37. The lowest BCUT2D eigenvalue weighted by atomic mass is 9.90. The van der Waals surface area contributed by atoms with E-state index in [2.05, 4.69) is 4.90 Å². The Morgan fingerprint density at radius 2 is 1.29 bits per heavy atom. The van der Waals surface area contributed by atoms with Gasteiger partial charge >= 0.3 is 11.9 Å². The first-order chi connectivity index (χ1) is 9.90. The second kappa shape index (κ2) is 6.77. The molecule has 0 amide bonds. The van der Waals surface area contributed by atoms with Crippen molar-refractivity contribution in [3.05, 3.63) is 0 Å². The van der Waals surface area contributed by atoms with Gasteiger partial charge in [-0.25, -0.2) is 9.59 Å². The Labute approximate surface area is 127 Å². The number of carbonyl (C=O) groups is 2. The van der Waals surface area contributed by atoms with Crippen LogP contribution in [0.3, 0.4) is 0 Å². The Balaban J connectivity index is 2.15. The number of hydrogen-bond acceptors (Lipinski definition) is 5. The van der Waals surface area contributed by atoms with Crippen molar-refractivity contribution in [3.8, 4) is 0 Å². The molecule has 0 radical (unpaired) electrons. The molecule has 21 heavy (non-hydrogen) atoms. The summed E-state index contributed by atoms with van der Waals surface area (Å²) in [4.78, 5) is 26.9. The monoisotopic (exact) mass is 297 g/mol. The molecule has 2 rings (SSSR count). The van der Waals surface area contributed by atoms with Crippen LogP contribution in [0.2, 0.25) is 0 Å². The Kier molecular flexibility index (Phi) is 5.25. The molecular weight excluding hydrogens is 270 g/mol. The van der Waals surface area contributed by atoms with E-state index in [1.54, 1.807) is 27.7 Å². The van der Waals surface area contributed by atoms with Crippen molar-refractivity contribution in [2.24, 2.45) is 0 Å². The molecule has 0 N–H and O–H groups in total. The van der Waals surface area contributed by atoms with Crippen LogP contribution < -0.4 is 0 Å². The maximum absolute atomic E-state index is 12.4. The van der Waals surface area contributed by atoms with E-state index in [0.717, 1.165) is 25.7 Å². The molecule has 0 saturated heterocycles. The van der Waals surface area contributed by atoms with Crippen molar-refractivity contribution in [1.29, 1.82) is 0 Å². The number of ether oxygens (including phenoxy) is 2. The fourth-order valence-corrected chi connectivity index (χ4v) is 2.71. The summed E-state index contributed by atoms with van der Waals surface area (Å²) in [6, 6.07) is -0.241. The van der Waals surface area contributed by atoms with Crippen molar-refractivity contribution < 1.29 is 19.1 Å². The van der Waals surface area contributed by atoms with E-state index in [1.807, 2.05) is 0 Å². The second-order valence-electron chi connectivity index (χ2n) is 6.64. The SMILES string of the molecule is CC(C)OC(=O)C(C(=O)OC(C)C)N(C1CCC1)C1CC1. The maximum Gasteiger partial charge on any atom is 0.335 e. The Morgan fingerprint density at radius 1 is 0.857 bits per heavy atom. The van der Waals surface area contributed by atoms with Crippen LogP contribution in [0, 0.1) is 0 Å². The molecule has 0 atom stereocenters. The summed E-state index contributed by atoms with van der Waals surface area (Å²) < 4.78 is 10.6. The molecule has 2 aliphatic rings. The van der Waals surface area contributed by atoms with Crippen LogP contribution in [0.1, 0.15) is 59.8 Å². The summed E-state index contributed by atoms with van der Waals surface area (Å²) in [5.74, 6) is -0.927. The first-order valence-electron chi connectivity index (χ1n) is 8.08. The third kappa shape index (κ3) is 4.19. The van der Waals surface area contributed by atoms with E-state index in [1.165, 1.54) is 6.42 Å². The quantitative estimate of drug-likeness (QED) is 0.533. The van der Waals surface area contributed by atoms with Crippen LogP contribution in [0.4, 0.5) is 0 Å². The smallest absolute Gasteiger partial charge is 0.335 e. The highest BCUT2D eigenvalue weighted by molar-refractivity contribution is 5.99. The molecule has 5 heteroatoms. The van der Waals surface area contributed by atoms with Gasteiger partial charge in [0.1, 0.15) is 0 Å². The topological polar surface area (TPSA) is 55.8 Å². The van der Waals surface area contributed by atoms with Crippen LogP contribution >= 0.6 is 0 Å². The zero-order chi connectivity index (χ0) is 15.6. The molecule has 0 aromatic heterocycles. The predicted octanol–water partition coefficient (Wildman–Crippen LogP) is 2.28. The fourth-order valence-electron chi connectivity index (χ4n) is 2.71. The average Bonchev–Trinajstić information content (AvgIpc) is 3.06. The minimum absolute atomic E-state index is 0.228. The number of carbonyl (C=O) groups excluding carboxylic acids is 2. The summed E-state index contributed by atoms with van der Waals surface area (Å²) in [7, 11) is 0. The van der Waals surface area contributed by atoms with Crippen molar-refractivity contribution in [1.82, 2.24) is 4.90 Å². The first-order valence-corrected chi connectivity index (χ1v) is 8.08. The molecule has 2 aliphatic carbocycles. The lowest BCUT2D eigenvalue weighted by molar-refractivity contribution is -0.171. The van der Waals surface area contributed by atoms with Crippen LogP contribution in [0.15, 0.2) is 0 Å². The Bertz CT molecular complexity index is 364.